The maximum Gasteiger partial charge on any atom is 0.247 e. The molecule has 3 rings (SSSR count). The summed E-state index contributed by atoms with van der Waals surface area (Å²) in [5.41, 5.74) is 2.29. The van der Waals surface area contributed by atoms with Gasteiger partial charge in [-0.05, 0) is 18.2 Å². The van der Waals surface area contributed by atoms with Crippen LogP contribution in [0.3, 0.4) is 0 Å². The summed E-state index contributed by atoms with van der Waals surface area (Å²) in [5.74, 6) is -0.0562. The van der Waals surface area contributed by atoms with Gasteiger partial charge in [0.25, 0.3) is 0 Å². The number of anilines is 1. The van der Waals surface area contributed by atoms with Crippen molar-refractivity contribution in [1.82, 2.24) is 4.57 Å². The lowest BCUT2D eigenvalue weighted by Crippen LogP contribution is -2.33. The second kappa shape index (κ2) is 6.96. The first-order chi connectivity index (χ1) is 11.7. The molecule has 4 heteroatoms. The largest absolute Gasteiger partial charge is 0.337 e. The van der Waals surface area contributed by atoms with Gasteiger partial charge in [-0.2, -0.15) is 0 Å². The van der Waals surface area contributed by atoms with E-state index in [4.69, 9.17) is 0 Å². The molecule has 0 N–H and O–H groups in total. The van der Waals surface area contributed by atoms with Crippen molar-refractivity contribution in [2.24, 2.45) is 0 Å². The zero-order chi connectivity index (χ0) is 16.9. The van der Waals surface area contributed by atoms with Crippen LogP contribution in [0.25, 0.3) is 10.9 Å². The van der Waals surface area contributed by atoms with Crippen LogP contribution < -0.4 is 4.90 Å². The van der Waals surface area contributed by atoms with Gasteiger partial charge in [-0.25, -0.2) is 0 Å². The Labute approximate surface area is 140 Å². The van der Waals surface area contributed by atoms with Crippen LogP contribution in [0.4, 0.5) is 5.69 Å². The van der Waals surface area contributed by atoms with E-state index >= 15 is 0 Å². The van der Waals surface area contributed by atoms with E-state index in [1.54, 1.807) is 17.2 Å². The van der Waals surface area contributed by atoms with Crippen LogP contribution in [0, 0.1) is 0 Å². The number of hydrogen-bond acceptors (Lipinski definition) is 2. The fourth-order valence-corrected chi connectivity index (χ4v) is 2.82. The molecule has 120 valence electrons. The van der Waals surface area contributed by atoms with Gasteiger partial charge < -0.3 is 9.47 Å². The number of fused-ring (bicyclic) bond motifs is 1. The summed E-state index contributed by atoms with van der Waals surface area (Å²) in [7, 11) is 0. The van der Waals surface area contributed by atoms with Gasteiger partial charge in [0, 0.05) is 34.9 Å². The molecule has 0 spiro atoms. The highest BCUT2D eigenvalue weighted by atomic mass is 16.2. The molecule has 2 aromatic carbocycles. The minimum Gasteiger partial charge on any atom is -0.337 e. The van der Waals surface area contributed by atoms with Crippen molar-refractivity contribution in [2.45, 2.75) is 6.54 Å². The molecular weight excluding hydrogens is 300 g/mol. The second-order valence-corrected chi connectivity index (χ2v) is 5.48. The highest BCUT2D eigenvalue weighted by molar-refractivity contribution is 5.99. The molecule has 0 fully saturated rings. The zero-order valence-corrected chi connectivity index (χ0v) is 13.3. The fourth-order valence-electron chi connectivity index (χ4n) is 2.82. The quantitative estimate of drug-likeness (QED) is 0.514. The fraction of sp³-hybridized carbons (Fsp3) is 0.100. The third kappa shape index (κ3) is 2.99. The summed E-state index contributed by atoms with van der Waals surface area (Å²) in [6.45, 7) is 4.33. The van der Waals surface area contributed by atoms with E-state index < -0.39 is 0 Å². The number of para-hydroxylation sites is 2. The van der Waals surface area contributed by atoms with Crippen molar-refractivity contribution < 1.29 is 9.59 Å². The molecule has 0 bridgehead atoms. The van der Waals surface area contributed by atoms with Gasteiger partial charge in [0.1, 0.15) is 6.54 Å². The van der Waals surface area contributed by atoms with Crippen LogP contribution in [0.15, 0.2) is 73.4 Å². The Morgan fingerprint density at radius 2 is 1.79 bits per heavy atom. The maximum atomic E-state index is 12.8. The molecule has 4 nitrogen and oxygen atoms in total. The van der Waals surface area contributed by atoms with Gasteiger partial charge in [-0.1, -0.05) is 42.5 Å². The van der Waals surface area contributed by atoms with Crippen molar-refractivity contribution in [3.63, 3.8) is 0 Å². The molecule has 24 heavy (non-hydrogen) atoms. The van der Waals surface area contributed by atoms with Gasteiger partial charge in [-0.3, -0.25) is 9.59 Å². The van der Waals surface area contributed by atoms with Crippen LogP contribution >= 0.6 is 0 Å². The first kappa shape index (κ1) is 15.7. The molecule has 0 aliphatic rings. The van der Waals surface area contributed by atoms with Crippen molar-refractivity contribution in [3.05, 3.63) is 79.0 Å². The van der Waals surface area contributed by atoms with Gasteiger partial charge >= 0.3 is 0 Å². The molecule has 0 aliphatic heterocycles. The maximum absolute atomic E-state index is 12.8. The van der Waals surface area contributed by atoms with Crippen molar-refractivity contribution >= 4 is 28.8 Å². The summed E-state index contributed by atoms with van der Waals surface area (Å²) in [5, 5.41) is 0.857. The highest BCUT2D eigenvalue weighted by Gasteiger charge is 2.16. The van der Waals surface area contributed by atoms with E-state index in [9.17, 15) is 9.59 Å². The standard InChI is InChI=1S/C20H18N2O2/c1-2-12-22(17-8-4-3-5-9-17)20(24)14-21-13-16(15-23)18-10-6-7-11-19(18)21/h2-11,13,15H,1,12,14H2. The number of aromatic nitrogens is 1. The number of carbonyl (C=O) groups excluding carboxylic acids is 2. The first-order valence-corrected chi connectivity index (χ1v) is 7.74. The molecular formula is C20H18N2O2. The van der Waals surface area contributed by atoms with E-state index in [1.807, 2.05) is 59.2 Å². The number of nitrogens with zero attached hydrogens (tertiary/aromatic N) is 2. The number of carbonyl (C=O) groups is 2. The van der Waals surface area contributed by atoms with E-state index in [0.717, 1.165) is 22.9 Å². The van der Waals surface area contributed by atoms with Gasteiger partial charge in [-0.15, -0.1) is 6.58 Å². The van der Waals surface area contributed by atoms with Crippen molar-refractivity contribution in [2.75, 3.05) is 11.4 Å². The number of amides is 1. The highest BCUT2D eigenvalue weighted by Crippen LogP contribution is 2.21. The lowest BCUT2D eigenvalue weighted by atomic mass is 10.2. The Kier molecular flexibility index (Phi) is 4.57. The summed E-state index contributed by atoms with van der Waals surface area (Å²) < 4.78 is 1.82. The van der Waals surface area contributed by atoms with Gasteiger partial charge in [0.2, 0.25) is 5.91 Å². The molecule has 0 atom stereocenters. The Balaban J connectivity index is 1.93. The van der Waals surface area contributed by atoms with E-state index in [2.05, 4.69) is 6.58 Å². The normalized spacial score (nSPS) is 10.5. The molecule has 0 radical (unpaired) electrons. The average Bonchev–Trinajstić information content (AvgIpc) is 2.98. The Morgan fingerprint density at radius 3 is 2.50 bits per heavy atom. The third-order valence-corrected chi connectivity index (χ3v) is 3.93. The Morgan fingerprint density at radius 1 is 1.08 bits per heavy atom. The zero-order valence-electron chi connectivity index (χ0n) is 13.3. The molecule has 0 saturated heterocycles. The summed E-state index contributed by atoms with van der Waals surface area (Å²) in [6, 6.07) is 17.1. The lowest BCUT2D eigenvalue weighted by Gasteiger charge is -2.21. The molecule has 1 amide bonds. The molecule has 0 unspecified atom stereocenters. The van der Waals surface area contributed by atoms with E-state index in [-0.39, 0.29) is 12.5 Å². The third-order valence-electron chi connectivity index (χ3n) is 3.93. The molecule has 1 aromatic heterocycles. The topological polar surface area (TPSA) is 42.3 Å². The van der Waals surface area contributed by atoms with Crippen LogP contribution in [0.2, 0.25) is 0 Å². The van der Waals surface area contributed by atoms with Crippen LogP contribution in [0.5, 0.6) is 0 Å². The predicted molar refractivity (Wildman–Crippen MR) is 96.3 cm³/mol. The number of rotatable bonds is 6. The lowest BCUT2D eigenvalue weighted by molar-refractivity contribution is -0.119. The van der Waals surface area contributed by atoms with Gasteiger partial charge in [0.15, 0.2) is 6.29 Å². The van der Waals surface area contributed by atoms with E-state index in [0.29, 0.717) is 12.1 Å². The SMILES string of the molecule is C=CCN(C(=O)Cn1cc(C=O)c2ccccc21)c1ccccc1. The average molecular weight is 318 g/mol. The molecule has 1 heterocycles. The smallest absolute Gasteiger partial charge is 0.247 e. The van der Waals surface area contributed by atoms with Crippen LogP contribution in [-0.4, -0.2) is 23.3 Å². The van der Waals surface area contributed by atoms with Crippen molar-refractivity contribution in [1.29, 1.82) is 0 Å². The van der Waals surface area contributed by atoms with Crippen molar-refractivity contribution in [3.8, 4) is 0 Å². The Bertz CT molecular complexity index is 881. The van der Waals surface area contributed by atoms with Gasteiger partial charge in [0.05, 0.1) is 0 Å². The predicted octanol–water partition coefficient (Wildman–Crippen LogP) is 3.67. The molecule has 0 aliphatic carbocycles. The second-order valence-electron chi connectivity index (χ2n) is 5.48. The molecule has 0 saturated carbocycles. The number of hydrogen-bond donors (Lipinski definition) is 0. The molecule has 3 aromatic rings. The Hall–Kier alpha value is -3.14. The minimum atomic E-state index is -0.0562. The summed E-state index contributed by atoms with van der Waals surface area (Å²) in [6.07, 6.45) is 4.25. The number of benzene rings is 2. The number of aldehydes is 1. The van der Waals surface area contributed by atoms with E-state index in [1.165, 1.54) is 0 Å². The first-order valence-electron chi connectivity index (χ1n) is 7.74. The minimum absolute atomic E-state index is 0.0562. The summed E-state index contributed by atoms with van der Waals surface area (Å²) in [4.78, 5) is 25.8. The van der Waals surface area contributed by atoms with Crippen LogP contribution in [-0.2, 0) is 11.3 Å². The monoisotopic (exact) mass is 318 g/mol. The summed E-state index contributed by atoms with van der Waals surface area (Å²) >= 11 is 0. The van der Waals surface area contributed by atoms with Crippen LogP contribution in [0.1, 0.15) is 10.4 Å².